The predicted octanol–water partition coefficient (Wildman–Crippen LogP) is 2.49. The number of rotatable bonds is 5. The predicted molar refractivity (Wildman–Crippen MR) is 77.5 cm³/mol. The lowest BCUT2D eigenvalue weighted by Gasteiger charge is -2.14. The van der Waals surface area contributed by atoms with Gasteiger partial charge in [-0.1, -0.05) is 12.2 Å². The number of thiocarbonyl (C=S) groups is 1. The molecule has 0 atom stereocenters. The van der Waals surface area contributed by atoms with E-state index in [-0.39, 0.29) is 22.9 Å². The second kappa shape index (κ2) is 5.45. The zero-order valence-corrected chi connectivity index (χ0v) is 12.4. The highest BCUT2D eigenvalue weighted by Gasteiger charge is 2.35. The molecule has 1 aliphatic rings. The highest BCUT2D eigenvalue weighted by molar-refractivity contribution is 7.92. The third-order valence-electron chi connectivity index (χ3n) is 3.02. The van der Waals surface area contributed by atoms with E-state index in [1.807, 2.05) is 0 Å². The fraction of sp³-hybridized carbons (Fsp3) is 0.417. The molecule has 21 heavy (non-hydrogen) atoms. The number of alkyl halides is 3. The molecule has 4 nitrogen and oxygen atoms in total. The average Bonchev–Trinajstić information content (AvgIpc) is 3.09. The Hall–Kier alpha value is -1.35. The van der Waals surface area contributed by atoms with E-state index in [9.17, 15) is 21.6 Å². The van der Waals surface area contributed by atoms with E-state index in [0.717, 1.165) is 18.9 Å². The molecule has 1 fully saturated rings. The molecule has 1 saturated carbocycles. The summed E-state index contributed by atoms with van der Waals surface area (Å²) in [5, 5.41) is 0. The van der Waals surface area contributed by atoms with E-state index in [4.69, 9.17) is 5.73 Å². The Morgan fingerprint density at radius 2 is 2.00 bits per heavy atom. The highest BCUT2D eigenvalue weighted by atomic mass is 32.2. The van der Waals surface area contributed by atoms with E-state index in [1.54, 1.807) is 0 Å². The maximum atomic E-state index is 12.9. The maximum absolute atomic E-state index is 12.9. The summed E-state index contributed by atoms with van der Waals surface area (Å²) in [7, 11) is -3.65. The highest BCUT2D eigenvalue weighted by Crippen LogP contribution is 2.35. The van der Waals surface area contributed by atoms with E-state index in [2.05, 4.69) is 16.9 Å². The number of halogens is 3. The van der Waals surface area contributed by atoms with Crippen LogP contribution in [0, 0.1) is 5.92 Å². The fourth-order valence-corrected chi connectivity index (χ4v) is 3.57. The Morgan fingerprint density at radius 3 is 2.48 bits per heavy atom. The number of hydrogen-bond donors (Lipinski definition) is 2. The smallest absolute Gasteiger partial charge is 0.389 e. The minimum atomic E-state index is -4.67. The second-order valence-corrected chi connectivity index (χ2v) is 7.16. The Bertz CT molecular complexity index is 668. The zero-order chi connectivity index (χ0) is 15.8. The van der Waals surface area contributed by atoms with Crippen LogP contribution in [0.3, 0.4) is 0 Å². The van der Waals surface area contributed by atoms with Gasteiger partial charge in [0.15, 0.2) is 0 Å². The van der Waals surface area contributed by atoms with Crippen molar-refractivity contribution >= 4 is 32.9 Å². The molecule has 0 aliphatic heterocycles. The third-order valence-corrected chi connectivity index (χ3v) is 4.69. The van der Waals surface area contributed by atoms with Crippen LogP contribution in [0.25, 0.3) is 0 Å². The summed E-state index contributed by atoms with van der Waals surface area (Å²) in [4.78, 5) is -0.394. The molecule has 0 unspecified atom stereocenters. The van der Waals surface area contributed by atoms with Crippen LogP contribution in [0.2, 0.25) is 0 Å². The average molecular weight is 338 g/mol. The number of benzene rings is 1. The first-order chi connectivity index (χ1) is 9.58. The number of anilines is 1. The topological polar surface area (TPSA) is 72.2 Å². The lowest BCUT2D eigenvalue weighted by molar-refractivity contribution is -0.137. The minimum Gasteiger partial charge on any atom is -0.389 e. The Morgan fingerprint density at radius 1 is 1.38 bits per heavy atom. The van der Waals surface area contributed by atoms with Crippen molar-refractivity contribution in [2.75, 3.05) is 10.5 Å². The first-order valence-corrected chi connectivity index (χ1v) is 8.16. The summed E-state index contributed by atoms with van der Waals surface area (Å²) in [6, 6.07) is 2.99. The molecule has 1 aliphatic carbocycles. The van der Waals surface area contributed by atoms with E-state index < -0.39 is 26.8 Å². The van der Waals surface area contributed by atoms with Crippen LogP contribution in [0.1, 0.15) is 24.0 Å². The van der Waals surface area contributed by atoms with Gasteiger partial charge in [0.05, 0.1) is 11.3 Å². The molecule has 1 aromatic carbocycles. The van der Waals surface area contributed by atoms with Gasteiger partial charge >= 0.3 is 6.18 Å². The van der Waals surface area contributed by atoms with Crippen LogP contribution in [0.5, 0.6) is 0 Å². The summed E-state index contributed by atoms with van der Waals surface area (Å²) in [6.07, 6.45) is -3.01. The van der Waals surface area contributed by atoms with Crippen LogP contribution in [-0.2, 0) is 16.2 Å². The summed E-state index contributed by atoms with van der Waals surface area (Å²) < 4.78 is 64.6. The Kier molecular flexibility index (Phi) is 4.16. The van der Waals surface area contributed by atoms with E-state index in [0.29, 0.717) is 6.07 Å². The van der Waals surface area contributed by atoms with Crippen LogP contribution in [0.15, 0.2) is 18.2 Å². The summed E-state index contributed by atoms with van der Waals surface area (Å²) in [5.41, 5.74) is 3.72. The summed E-state index contributed by atoms with van der Waals surface area (Å²) in [6.45, 7) is 0. The molecule has 116 valence electrons. The maximum Gasteiger partial charge on any atom is 0.417 e. The van der Waals surface area contributed by atoms with Crippen molar-refractivity contribution in [3.05, 3.63) is 29.3 Å². The third kappa shape index (κ3) is 4.31. The van der Waals surface area contributed by atoms with Crippen LogP contribution in [0.4, 0.5) is 18.9 Å². The molecular formula is C12H13F3N2O2S2. The number of nitrogens with two attached hydrogens (primary N) is 1. The quantitative estimate of drug-likeness (QED) is 0.809. The molecule has 9 heteroatoms. The largest absolute Gasteiger partial charge is 0.417 e. The van der Waals surface area contributed by atoms with Crippen LogP contribution in [-0.4, -0.2) is 19.2 Å². The SMILES string of the molecule is NC(=S)c1ccc(NS(=O)(=O)CC2CC2)cc1C(F)(F)F. The molecule has 0 bridgehead atoms. The van der Waals surface area contributed by atoms with Gasteiger partial charge in [0.1, 0.15) is 4.99 Å². The fourth-order valence-electron chi connectivity index (χ4n) is 1.87. The van der Waals surface area contributed by atoms with Gasteiger partial charge in [-0.05, 0) is 37.0 Å². The molecule has 0 amide bonds. The van der Waals surface area contributed by atoms with Crippen molar-refractivity contribution in [3.63, 3.8) is 0 Å². The van der Waals surface area contributed by atoms with E-state index in [1.165, 1.54) is 6.07 Å². The van der Waals surface area contributed by atoms with Gasteiger partial charge in [0, 0.05) is 11.3 Å². The van der Waals surface area contributed by atoms with Gasteiger partial charge in [-0.2, -0.15) is 13.2 Å². The molecule has 0 heterocycles. The minimum absolute atomic E-state index is 0.0780. The molecular weight excluding hydrogens is 325 g/mol. The number of nitrogens with one attached hydrogen (secondary N) is 1. The molecule has 1 aromatic rings. The van der Waals surface area contributed by atoms with Crippen molar-refractivity contribution < 1.29 is 21.6 Å². The normalized spacial score (nSPS) is 15.8. The lowest BCUT2D eigenvalue weighted by Crippen LogP contribution is -2.21. The van der Waals surface area contributed by atoms with Crippen LogP contribution >= 0.6 is 12.2 Å². The van der Waals surface area contributed by atoms with Crippen molar-refractivity contribution in [2.45, 2.75) is 19.0 Å². The summed E-state index contributed by atoms with van der Waals surface area (Å²) in [5.74, 6) is 0.0197. The second-order valence-electron chi connectivity index (χ2n) is 4.95. The molecule has 0 aromatic heterocycles. The number of sulfonamides is 1. The van der Waals surface area contributed by atoms with Gasteiger partial charge in [-0.25, -0.2) is 8.42 Å². The van der Waals surface area contributed by atoms with Crippen molar-refractivity contribution in [1.29, 1.82) is 0 Å². The van der Waals surface area contributed by atoms with Gasteiger partial charge in [-0.15, -0.1) is 0 Å². The zero-order valence-electron chi connectivity index (χ0n) is 10.8. The van der Waals surface area contributed by atoms with Crippen molar-refractivity contribution in [3.8, 4) is 0 Å². The van der Waals surface area contributed by atoms with E-state index >= 15 is 0 Å². The first-order valence-electron chi connectivity index (χ1n) is 6.10. The summed E-state index contributed by atoms with van der Waals surface area (Å²) >= 11 is 4.58. The molecule has 0 radical (unpaired) electrons. The van der Waals surface area contributed by atoms with Gasteiger partial charge in [0.2, 0.25) is 10.0 Å². The lowest BCUT2D eigenvalue weighted by atomic mass is 10.1. The Labute approximate surface area is 125 Å². The molecule has 0 spiro atoms. The van der Waals surface area contributed by atoms with Gasteiger partial charge in [-0.3, -0.25) is 4.72 Å². The van der Waals surface area contributed by atoms with Crippen molar-refractivity contribution in [1.82, 2.24) is 0 Å². The van der Waals surface area contributed by atoms with Gasteiger partial charge < -0.3 is 5.73 Å². The number of hydrogen-bond acceptors (Lipinski definition) is 3. The standard InChI is InChI=1S/C12H13F3N2O2S2/c13-12(14,15)10-5-8(3-4-9(10)11(16)20)17-21(18,19)6-7-1-2-7/h3-5,7,17H,1-2,6H2,(H2,16,20). The molecule has 2 rings (SSSR count). The van der Waals surface area contributed by atoms with Crippen LogP contribution < -0.4 is 10.5 Å². The monoisotopic (exact) mass is 338 g/mol. The van der Waals surface area contributed by atoms with Crippen molar-refractivity contribution in [2.24, 2.45) is 11.7 Å². The molecule has 0 saturated heterocycles. The Balaban J connectivity index is 2.31. The molecule has 3 N–H and O–H groups in total. The first kappa shape index (κ1) is 16.0. The van der Waals surface area contributed by atoms with Gasteiger partial charge in [0.25, 0.3) is 0 Å².